The Bertz CT molecular complexity index is 3010. The minimum absolute atomic E-state index is 0.468. The Morgan fingerprint density at radius 1 is 0.351 bits per heavy atom. The Labute approximate surface area is 337 Å². The molecule has 0 bridgehead atoms. The van der Waals surface area contributed by atoms with Gasteiger partial charge in [-0.3, -0.25) is 0 Å². The minimum Gasteiger partial charge on any atom is -0.310 e. The first-order valence-electron chi connectivity index (χ1n) is 19.6. The summed E-state index contributed by atoms with van der Waals surface area (Å²) in [6.07, 6.45) is 0. The molecule has 268 valence electrons. The Balaban J connectivity index is 1.10. The van der Waals surface area contributed by atoms with E-state index in [1.54, 1.807) is 0 Å². The topological polar surface area (TPSA) is 3.24 Å². The standard InChI is InChI=1S/C55H37NS/c1-4-17-38(18-5-1)39-33-35-43(36-34-39)56(42-22-8-3-9-23-42)44-24-14-19-40(37-44)45-27-15-28-48-53-51(31-16-32-52(53)57-54(45)48)55(41-20-6-2-7-21-41)49-29-12-10-25-46(49)47-26-11-13-30-50(47)55/h1-37H. The Morgan fingerprint density at radius 3 is 1.58 bits per heavy atom. The number of thiophene rings is 1. The molecule has 2 heteroatoms. The first kappa shape index (κ1) is 33.3. The molecule has 1 aliphatic rings. The van der Waals surface area contributed by atoms with Gasteiger partial charge in [-0.2, -0.15) is 0 Å². The van der Waals surface area contributed by atoms with E-state index < -0.39 is 5.41 Å². The van der Waals surface area contributed by atoms with Crippen LogP contribution < -0.4 is 4.90 Å². The first-order chi connectivity index (χ1) is 28.3. The van der Waals surface area contributed by atoms with Gasteiger partial charge in [-0.15, -0.1) is 11.3 Å². The maximum Gasteiger partial charge on any atom is 0.0720 e. The van der Waals surface area contributed by atoms with Gasteiger partial charge in [-0.1, -0.05) is 182 Å². The van der Waals surface area contributed by atoms with Crippen molar-refractivity contribution in [3.8, 4) is 33.4 Å². The molecule has 0 saturated heterocycles. The SMILES string of the molecule is c1ccc(-c2ccc(N(c3ccccc3)c3cccc(-c4cccc5c4sc4cccc(C6(c7ccccc7)c7ccccc7-c7ccccc76)c45)c3)cc2)cc1. The molecule has 0 fully saturated rings. The fourth-order valence-corrected chi connectivity index (χ4v) is 10.6. The highest BCUT2D eigenvalue weighted by atomic mass is 32.1. The van der Waals surface area contributed by atoms with E-state index in [4.69, 9.17) is 0 Å². The minimum atomic E-state index is -0.468. The Morgan fingerprint density at radius 2 is 0.860 bits per heavy atom. The largest absolute Gasteiger partial charge is 0.310 e. The Kier molecular flexibility index (Phi) is 7.98. The van der Waals surface area contributed by atoms with Crippen LogP contribution in [0.2, 0.25) is 0 Å². The summed E-state index contributed by atoms with van der Waals surface area (Å²) in [5.74, 6) is 0. The van der Waals surface area contributed by atoms with Gasteiger partial charge in [0, 0.05) is 37.2 Å². The molecule has 57 heavy (non-hydrogen) atoms. The fraction of sp³-hybridized carbons (Fsp3) is 0.0182. The van der Waals surface area contributed by atoms with E-state index in [1.807, 2.05) is 11.3 Å². The number of hydrogen-bond donors (Lipinski definition) is 0. The zero-order valence-corrected chi connectivity index (χ0v) is 32.0. The lowest BCUT2D eigenvalue weighted by molar-refractivity contribution is 0.777. The molecule has 0 unspecified atom stereocenters. The third-order valence-electron chi connectivity index (χ3n) is 11.7. The number of para-hydroxylation sites is 1. The third kappa shape index (κ3) is 5.29. The molecular weight excluding hydrogens is 707 g/mol. The number of benzene rings is 9. The molecule has 0 spiro atoms. The molecular formula is C55H37NS. The lowest BCUT2D eigenvalue weighted by Crippen LogP contribution is -2.28. The normalized spacial score (nSPS) is 12.7. The van der Waals surface area contributed by atoms with Crippen molar-refractivity contribution in [3.63, 3.8) is 0 Å². The molecule has 0 amide bonds. The monoisotopic (exact) mass is 743 g/mol. The smallest absolute Gasteiger partial charge is 0.0720 e. The molecule has 10 aromatic rings. The van der Waals surface area contributed by atoms with Gasteiger partial charge in [-0.05, 0) is 98.1 Å². The van der Waals surface area contributed by atoms with Gasteiger partial charge in [0.25, 0.3) is 0 Å². The second-order valence-electron chi connectivity index (χ2n) is 14.8. The first-order valence-corrected chi connectivity index (χ1v) is 20.4. The molecule has 11 rings (SSSR count). The van der Waals surface area contributed by atoms with Gasteiger partial charge in [-0.25, -0.2) is 0 Å². The van der Waals surface area contributed by atoms with Crippen LogP contribution in [0.4, 0.5) is 17.1 Å². The average Bonchev–Trinajstić information content (AvgIpc) is 3.82. The van der Waals surface area contributed by atoms with Gasteiger partial charge in [0.1, 0.15) is 0 Å². The molecule has 1 aromatic heterocycles. The van der Waals surface area contributed by atoms with E-state index >= 15 is 0 Å². The van der Waals surface area contributed by atoms with Crippen LogP contribution in [0.5, 0.6) is 0 Å². The lowest BCUT2D eigenvalue weighted by Gasteiger charge is -2.34. The van der Waals surface area contributed by atoms with Gasteiger partial charge in [0.05, 0.1) is 5.41 Å². The molecule has 0 N–H and O–H groups in total. The summed E-state index contributed by atoms with van der Waals surface area (Å²) in [6.45, 7) is 0. The number of rotatable bonds is 7. The van der Waals surface area contributed by atoms with Crippen LogP contribution in [0.3, 0.4) is 0 Å². The molecule has 1 aliphatic carbocycles. The summed E-state index contributed by atoms with van der Waals surface area (Å²) in [7, 11) is 0. The van der Waals surface area contributed by atoms with Gasteiger partial charge >= 0.3 is 0 Å². The van der Waals surface area contributed by atoms with E-state index in [9.17, 15) is 0 Å². The van der Waals surface area contributed by atoms with Gasteiger partial charge < -0.3 is 4.90 Å². The summed E-state index contributed by atoms with van der Waals surface area (Å²) >= 11 is 1.91. The van der Waals surface area contributed by atoms with Crippen molar-refractivity contribution in [1.29, 1.82) is 0 Å². The highest BCUT2D eigenvalue weighted by Crippen LogP contribution is 2.58. The van der Waals surface area contributed by atoms with Crippen LogP contribution in [0.15, 0.2) is 224 Å². The summed E-state index contributed by atoms with van der Waals surface area (Å²) < 4.78 is 2.60. The van der Waals surface area contributed by atoms with E-state index in [2.05, 4.69) is 229 Å². The highest BCUT2D eigenvalue weighted by molar-refractivity contribution is 7.26. The molecule has 9 aromatic carbocycles. The van der Waals surface area contributed by atoms with Gasteiger partial charge in [0.2, 0.25) is 0 Å². The zero-order chi connectivity index (χ0) is 37.8. The Hall–Kier alpha value is -7.00. The second-order valence-corrected chi connectivity index (χ2v) is 15.9. The fourth-order valence-electron chi connectivity index (χ4n) is 9.34. The molecule has 0 atom stereocenters. The van der Waals surface area contributed by atoms with E-state index in [-0.39, 0.29) is 0 Å². The number of fused-ring (bicyclic) bond motifs is 6. The van der Waals surface area contributed by atoms with E-state index in [1.165, 1.54) is 75.8 Å². The molecule has 0 aliphatic heterocycles. The molecule has 1 nitrogen and oxygen atoms in total. The average molecular weight is 744 g/mol. The van der Waals surface area contributed by atoms with Gasteiger partial charge in [0.15, 0.2) is 0 Å². The van der Waals surface area contributed by atoms with Crippen molar-refractivity contribution in [2.24, 2.45) is 0 Å². The van der Waals surface area contributed by atoms with Crippen LogP contribution in [0.1, 0.15) is 22.3 Å². The van der Waals surface area contributed by atoms with Crippen molar-refractivity contribution in [2.45, 2.75) is 5.41 Å². The van der Waals surface area contributed by atoms with E-state index in [0.29, 0.717) is 0 Å². The summed E-state index contributed by atoms with van der Waals surface area (Å²) in [6, 6.07) is 82.3. The van der Waals surface area contributed by atoms with Crippen LogP contribution in [0.25, 0.3) is 53.6 Å². The van der Waals surface area contributed by atoms with E-state index in [0.717, 1.165) is 17.1 Å². The van der Waals surface area contributed by atoms with Crippen LogP contribution in [-0.4, -0.2) is 0 Å². The predicted octanol–water partition coefficient (Wildman–Crippen LogP) is 15.2. The summed E-state index contributed by atoms with van der Waals surface area (Å²) in [5.41, 5.74) is 15.7. The van der Waals surface area contributed by atoms with Crippen molar-refractivity contribution in [1.82, 2.24) is 0 Å². The van der Waals surface area contributed by atoms with Crippen LogP contribution >= 0.6 is 11.3 Å². The number of hydrogen-bond acceptors (Lipinski definition) is 2. The quantitative estimate of drug-likeness (QED) is 0.157. The van der Waals surface area contributed by atoms with Crippen molar-refractivity contribution >= 4 is 48.6 Å². The summed E-state index contributed by atoms with van der Waals surface area (Å²) in [5, 5.41) is 2.62. The van der Waals surface area contributed by atoms with Crippen LogP contribution in [0, 0.1) is 0 Å². The maximum absolute atomic E-state index is 2.38. The molecule has 1 heterocycles. The third-order valence-corrected chi connectivity index (χ3v) is 13.0. The number of anilines is 3. The molecule has 0 saturated carbocycles. The summed E-state index contributed by atoms with van der Waals surface area (Å²) in [4.78, 5) is 2.36. The number of nitrogens with zero attached hydrogens (tertiary/aromatic N) is 1. The maximum atomic E-state index is 2.38. The van der Waals surface area contributed by atoms with Crippen molar-refractivity contribution in [3.05, 3.63) is 247 Å². The second kappa shape index (κ2) is 13.6. The van der Waals surface area contributed by atoms with Crippen molar-refractivity contribution in [2.75, 3.05) is 4.90 Å². The van der Waals surface area contributed by atoms with Crippen LogP contribution in [-0.2, 0) is 5.41 Å². The predicted molar refractivity (Wildman–Crippen MR) is 242 cm³/mol. The lowest BCUT2D eigenvalue weighted by atomic mass is 9.66. The highest BCUT2D eigenvalue weighted by Gasteiger charge is 2.47. The zero-order valence-electron chi connectivity index (χ0n) is 31.2. The van der Waals surface area contributed by atoms with Crippen molar-refractivity contribution < 1.29 is 0 Å². The molecule has 0 radical (unpaired) electrons.